The zero-order chi connectivity index (χ0) is 14.7. The van der Waals surface area contributed by atoms with Crippen LogP contribution >= 0.6 is 11.3 Å². The Labute approximate surface area is 128 Å². The number of aromatic nitrogens is 1. The Bertz CT molecular complexity index is 628. The summed E-state index contributed by atoms with van der Waals surface area (Å²) in [5, 5.41) is 3.53. The van der Waals surface area contributed by atoms with Crippen LogP contribution in [0.25, 0.3) is 0 Å². The van der Waals surface area contributed by atoms with Gasteiger partial charge in [-0.25, -0.2) is 4.98 Å². The molecule has 1 aromatic carbocycles. The van der Waals surface area contributed by atoms with Crippen LogP contribution in [0.2, 0.25) is 0 Å². The van der Waals surface area contributed by atoms with E-state index in [1.807, 2.05) is 31.2 Å². The van der Waals surface area contributed by atoms with Crippen molar-refractivity contribution in [3.63, 3.8) is 0 Å². The molecule has 5 heteroatoms. The van der Waals surface area contributed by atoms with E-state index >= 15 is 0 Å². The number of amides is 1. The summed E-state index contributed by atoms with van der Waals surface area (Å²) < 4.78 is 5.54. The highest BCUT2D eigenvalue weighted by Crippen LogP contribution is 2.29. The number of nitrogens with one attached hydrogen (secondary N) is 1. The van der Waals surface area contributed by atoms with Crippen molar-refractivity contribution >= 4 is 22.4 Å². The monoisotopic (exact) mass is 302 g/mol. The van der Waals surface area contributed by atoms with Crippen molar-refractivity contribution in [3.8, 4) is 5.75 Å². The average molecular weight is 302 g/mol. The van der Waals surface area contributed by atoms with Crippen LogP contribution in [0.1, 0.15) is 29.0 Å². The number of benzene rings is 1. The van der Waals surface area contributed by atoms with Gasteiger partial charge in [-0.3, -0.25) is 10.1 Å². The molecule has 3 rings (SSSR count). The molecule has 1 heterocycles. The Kier molecular flexibility index (Phi) is 4.20. The Morgan fingerprint density at radius 2 is 2.14 bits per heavy atom. The van der Waals surface area contributed by atoms with Gasteiger partial charge >= 0.3 is 0 Å². The first-order chi connectivity index (χ1) is 10.2. The molecule has 0 unspecified atom stereocenters. The summed E-state index contributed by atoms with van der Waals surface area (Å²) >= 11 is 1.59. The third-order valence-corrected chi connectivity index (χ3v) is 4.62. The van der Waals surface area contributed by atoms with Crippen LogP contribution in [0.3, 0.4) is 0 Å². The lowest BCUT2D eigenvalue weighted by Gasteiger charge is -2.07. The minimum absolute atomic E-state index is 0.00903. The molecular weight excluding hydrogens is 284 g/mol. The molecule has 0 atom stereocenters. The molecule has 0 fully saturated rings. The van der Waals surface area contributed by atoms with Gasteiger partial charge in [-0.15, -0.1) is 11.3 Å². The van der Waals surface area contributed by atoms with Gasteiger partial charge in [-0.2, -0.15) is 0 Å². The SMILES string of the molecule is Cc1ccccc1OCC(=O)Nc1nc2c(s1)CCCC2. The van der Waals surface area contributed by atoms with E-state index in [1.165, 1.54) is 17.7 Å². The lowest BCUT2D eigenvalue weighted by molar-refractivity contribution is -0.118. The number of rotatable bonds is 4. The molecule has 0 radical (unpaired) electrons. The predicted octanol–water partition coefficient (Wildman–Crippen LogP) is 3.35. The van der Waals surface area contributed by atoms with Gasteiger partial charge < -0.3 is 4.74 Å². The Hall–Kier alpha value is -1.88. The third kappa shape index (κ3) is 3.42. The molecule has 0 saturated carbocycles. The number of fused-ring (bicyclic) bond motifs is 1. The van der Waals surface area contributed by atoms with E-state index in [9.17, 15) is 4.79 Å². The average Bonchev–Trinajstić information content (AvgIpc) is 2.88. The quantitative estimate of drug-likeness (QED) is 0.942. The van der Waals surface area contributed by atoms with E-state index in [-0.39, 0.29) is 12.5 Å². The second-order valence-corrected chi connectivity index (χ2v) is 6.28. The molecule has 0 saturated heterocycles. The molecule has 4 nitrogen and oxygen atoms in total. The maximum Gasteiger partial charge on any atom is 0.264 e. The summed E-state index contributed by atoms with van der Waals surface area (Å²) in [5.41, 5.74) is 2.18. The minimum atomic E-state index is -0.163. The number of para-hydroxylation sites is 1. The zero-order valence-electron chi connectivity index (χ0n) is 12.0. The molecule has 0 spiro atoms. The number of carbonyl (C=O) groups is 1. The van der Waals surface area contributed by atoms with Gasteiger partial charge in [0.05, 0.1) is 5.69 Å². The lowest BCUT2D eigenvalue weighted by atomic mass is 10.0. The maximum atomic E-state index is 11.9. The smallest absolute Gasteiger partial charge is 0.264 e. The van der Waals surface area contributed by atoms with Crippen molar-refractivity contribution in [2.75, 3.05) is 11.9 Å². The molecule has 1 N–H and O–H groups in total. The van der Waals surface area contributed by atoms with Crippen molar-refractivity contribution in [3.05, 3.63) is 40.4 Å². The zero-order valence-corrected chi connectivity index (χ0v) is 12.8. The van der Waals surface area contributed by atoms with Gasteiger partial charge in [0.1, 0.15) is 5.75 Å². The second kappa shape index (κ2) is 6.26. The molecule has 1 aromatic heterocycles. The maximum absolute atomic E-state index is 11.9. The summed E-state index contributed by atoms with van der Waals surface area (Å²) in [6.07, 6.45) is 4.53. The third-order valence-electron chi connectivity index (χ3n) is 3.54. The highest BCUT2D eigenvalue weighted by Gasteiger charge is 2.16. The first-order valence-electron chi connectivity index (χ1n) is 7.19. The fraction of sp³-hybridized carbons (Fsp3) is 0.375. The summed E-state index contributed by atoms with van der Waals surface area (Å²) in [5.74, 6) is 0.579. The van der Waals surface area contributed by atoms with Gasteiger partial charge in [-0.05, 0) is 44.2 Å². The second-order valence-electron chi connectivity index (χ2n) is 5.20. The van der Waals surface area contributed by atoms with E-state index in [0.29, 0.717) is 5.13 Å². The van der Waals surface area contributed by atoms with E-state index in [0.717, 1.165) is 29.8 Å². The Morgan fingerprint density at radius 1 is 1.33 bits per heavy atom. The summed E-state index contributed by atoms with van der Waals surface area (Å²) in [4.78, 5) is 17.8. The molecule has 1 aliphatic carbocycles. The molecule has 0 bridgehead atoms. The van der Waals surface area contributed by atoms with Gasteiger partial charge in [0.15, 0.2) is 11.7 Å². The number of hydrogen-bond acceptors (Lipinski definition) is 4. The normalized spacial score (nSPS) is 13.6. The summed E-state index contributed by atoms with van der Waals surface area (Å²) in [6.45, 7) is 1.97. The van der Waals surface area contributed by atoms with Crippen LogP contribution in [-0.4, -0.2) is 17.5 Å². The first-order valence-corrected chi connectivity index (χ1v) is 8.01. The number of hydrogen-bond donors (Lipinski definition) is 1. The van der Waals surface area contributed by atoms with E-state index in [2.05, 4.69) is 10.3 Å². The molecule has 1 aliphatic rings. The number of anilines is 1. The van der Waals surface area contributed by atoms with Gasteiger partial charge in [-0.1, -0.05) is 18.2 Å². The molecule has 0 aliphatic heterocycles. The topological polar surface area (TPSA) is 51.2 Å². The van der Waals surface area contributed by atoms with Crippen molar-refractivity contribution in [1.82, 2.24) is 4.98 Å². The Balaban J connectivity index is 1.57. The van der Waals surface area contributed by atoms with Crippen LogP contribution in [0.15, 0.2) is 24.3 Å². The first kappa shape index (κ1) is 14.1. The highest BCUT2D eigenvalue weighted by molar-refractivity contribution is 7.15. The van der Waals surface area contributed by atoms with Crippen molar-refractivity contribution in [2.45, 2.75) is 32.6 Å². The fourth-order valence-corrected chi connectivity index (χ4v) is 3.49. The molecular formula is C16H18N2O2S. The molecule has 1 amide bonds. The van der Waals surface area contributed by atoms with Crippen LogP contribution in [0.5, 0.6) is 5.75 Å². The van der Waals surface area contributed by atoms with Crippen LogP contribution < -0.4 is 10.1 Å². The number of nitrogens with zero attached hydrogens (tertiary/aromatic N) is 1. The molecule has 110 valence electrons. The van der Waals surface area contributed by atoms with Crippen molar-refractivity contribution in [1.29, 1.82) is 0 Å². The van der Waals surface area contributed by atoms with Crippen LogP contribution in [-0.2, 0) is 17.6 Å². The van der Waals surface area contributed by atoms with Crippen LogP contribution in [0, 0.1) is 6.92 Å². The van der Waals surface area contributed by atoms with E-state index < -0.39 is 0 Å². The summed E-state index contributed by atoms with van der Waals surface area (Å²) in [6, 6.07) is 7.67. The fourth-order valence-electron chi connectivity index (χ4n) is 2.42. The molecule has 2 aromatic rings. The van der Waals surface area contributed by atoms with E-state index in [1.54, 1.807) is 11.3 Å². The van der Waals surface area contributed by atoms with E-state index in [4.69, 9.17) is 4.74 Å². The Morgan fingerprint density at radius 3 is 2.95 bits per heavy atom. The van der Waals surface area contributed by atoms with Gasteiger partial charge in [0.25, 0.3) is 5.91 Å². The standard InChI is InChI=1S/C16H18N2O2S/c1-11-6-2-4-8-13(11)20-10-15(19)18-16-17-12-7-3-5-9-14(12)21-16/h2,4,6,8H,3,5,7,9-10H2,1H3,(H,17,18,19). The largest absolute Gasteiger partial charge is 0.483 e. The number of carbonyl (C=O) groups excluding carboxylic acids is 1. The molecule has 21 heavy (non-hydrogen) atoms. The van der Waals surface area contributed by atoms with Crippen molar-refractivity contribution < 1.29 is 9.53 Å². The number of ether oxygens (including phenoxy) is 1. The van der Waals surface area contributed by atoms with Crippen molar-refractivity contribution in [2.24, 2.45) is 0 Å². The lowest BCUT2D eigenvalue weighted by Crippen LogP contribution is -2.20. The number of aryl methyl sites for hydroxylation is 3. The van der Waals surface area contributed by atoms with Gasteiger partial charge in [0, 0.05) is 4.88 Å². The predicted molar refractivity (Wildman–Crippen MR) is 84.1 cm³/mol. The number of thiazole rings is 1. The minimum Gasteiger partial charge on any atom is -0.483 e. The summed E-state index contributed by atoms with van der Waals surface area (Å²) in [7, 11) is 0. The van der Waals surface area contributed by atoms with Gasteiger partial charge in [0.2, 0.25) is 0 Å². The highest BCUT2D eigenvalue weighted by atomic mass is 32.1. The van der Waals surface area contributed by atoms with Crippen LogP contribution in [0.4, 0.5) is 5.13 Å².